The van der Waals surface area contributed by atoms with Gasteiger partial charge in [0, 0.05) is 29.4 Å². The number of aryl methyl sites for hydroxylation is 1. The Bertz CT molecular complexity index is 1420. The van der Waals surface area contributed by atoms with Crippen molar-refractivity contribution in [1.29, 1.82) is 0 Å². The number of hydrogen-bond acceptors (Lipinski definition) is 6. The van der Waals surface area contributed by atoms with Gasteiger partial charge in [-0.15, -0.1) is 0 Å². The molecule has 3 aromatic carbocycles. The Morgan fingerprint density at radius 2 is 1.65 bits per heavy atom. The summed E-state index contributed by atoms with van der Waals surface area (Å²) in [7, 11) is -3.75. The number of nitrogens with one attached hydrogen (secondary N) is 2. The van der Waals surface area contributed by atoms with Crippen molar-refractivity contribution in [2.24, 2.45) is 5.14 Å². The Morgan fingerprint density at radius 1 is 0.912 bits per heavy atom. The van der Waals surface area contributed by atoms with Gasteiger partial charge >= 0.3 is 0 Å². The first kappa shape index (κ1) is 23.1. The van der Waals surface area contributed by atoms with E-state index in [0.717, 1.165) is 16.8 Å². The molecule has 0 aliphatic rings. The molecule has 172 valence electrons. The Labute approximate surface area is 197 Å². The van der Waals surface area contributed by atoms with Crippen LogP contribution >= 0.6 is 0 Å². The molecule has 0 saturated heterocycles. The molecular weight excluding hydrogens is 450 g/mol. The van der Waals surface area contributed by atoms with E-state index in [1.165, 1.54) is 12.1 Å². The molecule has 1 amide bonds. The first-order valence-electron chi connectivity index (χ1n) is 10.5. The third kappa shape index (κ3) is 5.83. The average Bonchev–Trinajstić information content (AvgIpc) is 2.82. The van der Waals surface area contributed by atoms with E-state index in [1.54, 1.807) is 30.3 Å². The number of carbonyl (C=O) groups excluding carboxylic acids is 1. The Kier molecular flexibility index (Phi) is 6.67. The summed E-state index contributed by atoms with van der Waals surface area (Å²) in [5, 5.41) is 11.2. The van der Waals surface area contributed by atoms with E-state index in [0.29, 0.717) is 22.9 Å². The van der Waals surface area contributed by atoms with Gasteiger partial charge in [-0.05, 0) is 42.8 Å². The lowest BCUT2D eigenvalue weighted by Gasteiger charge is -2.11. The van der Waals surface area contributed by atoms with E-state index < -0.39 is 10.0 Å². The summed E-state index contributed by atoms with van der Waals surface area (Å²) in [6.45, 7) is 2.07. The van der Waals surface area contributed by atoms with E-state index in [-0.39, 0.29) is 17.3 Å². The van der Waals surface area contributed by atoms with Crippen LogP contribution in [0.5, 0.6) is 0 Å². The fourth-order valence-corrected chi connectivity index (χ4v) is 3.87. The highest BCUT2D eigenvalue weighted by Crippen LogP contribution is 2.22. The van der Waals surface area contributed by atoms with Crippen molar-refractivity contribution in [3.05, 3.63) is 102 Å². The summed E-state index contributed by atoms with van der Waals surface area (Å²) in [6.07, 6.45) is 0. The van der Waals surface area contributed by atoms with Crippen LogP contribution in [0.2, 0.25) is 0 Å². The number of anilines is 2. The van der Waals surface area contributed by atoms with Gasteiger partial charge in [0.15, 0.2) is 0 Å². The van der Waals surface area contributed by atoms with Crippen LogP contribution in [0.4, 0.5) is 11.5 Å². The number of rotatable bonds is 7. The van der Waals surface area contributed by atoms with Gasteiger partial charge in [0.2, 0.25) is 10.0 Å². The van der Waals surface area contributed by atoms with Crippen LogP contribution < -0.4 is 15.8 Å². The number of nitrogens with two attached hydrogens (primary N) is 1. The fraction of sp³-hybridized carbons (Fsp3) is 0.0800. The summed E-state index contributed by atoms with van der Waals surface area (Å²) in [5.74, 6) is 0.994. The van der Waals surface area contributed by atoms with Gasteiger partial charge in [-0.3, -0.25) is 4.79 Å². The van der Waals surface area contributed by atoms with E-state index in [1.807, 2.05) is 49.4 Å². The van der Waals surface area contributed by atoms with Gasteiger partial charge in [-0.2, -0.15) is 0 Å². The molecule has 0 spiro atoms. The minimum atomic E-state index is -3.75. The lowest BCUT2D eigenvalue weighted by molar-refractivity contribution is 0.0951. The van der Waals surface area contributed by atoms with Gasteiger partial charge < -0.3 is 10.6 Å². The molecule has 0 fully saturated rings. The van der Waals surface area contributed by atoms with E-state index in [9.17, 15) is 13.2 Å². The highest BCUT2D eigenvalue weighted by atomic mass is 32.2. The SMILES string of the molecule is Cc1nc(Nc2cccc(C(=O)NCc3ccc(S(N)(=O)=O)cc3)c2)cc(-c2ccccc2)n1. The maximum Gasteiger partial charge on any atom is 0.251 e. The van der Waals surface area contributed by atoms with Gasteiger partial charge in [0.05, 0.1) is 10.6 Å². The lowest BCUT2D eigenvalue weighted by atomic mass is 10.1. The molecule has 0 saturated carbocycles. The molecule has 0 unspecified atom stereocenters. The third-order valence-electron chi connectivity index (χ3n) is 5.01. The summed E-state index contributed by atoms with van der Waals surface area (Å²) >= 11 is 0. The zero-order valence-electron chi connectivity index (χ0n) is 18.4. The molecule has 1 aromatic heterocycles. The minimum Gasteiger partial charge on any atom is -0.348 e. The van der Waals surface area contributed by atoms with Gasteiger partial charge in [0.25, 0.3) is 5.91 Å². The average molecular weight is 474 g/mol. The number of nitrogens with zero attached hydrogens (tertiary/aromatic N) is 2. The number of hydrogen-bond donors (Lipinski definition) is 3. The smallest absolute Gasteiger partial charge is 0.251 e. The number of benzene rings is 3. The van der Waals surface area contributed by atoms with Crippen molar-refractivity contribution in [3.8, 4) is 11.3 Å². The number of sulfonamides is 1. The van der Waals surface area contributed by atoms with Crippen LogP contribution in [-0.4, -0.2) is 24.3 Å². The molecule has 0 aliphatic heterocycles. The standard InChI is InChI=1S/C25H23N5O3S/c1-17-28-23(19-6-3-2-4-7-19)15-24(29-17)30-21-9-5-8-20(14-21)25(31)27-16-18-10-12-22(13-11-18)34(26,32)33/h2-15H,16H2,1H3,(H,27,31)(H2,26,32,33)(H,28,29,30). The quantitative estimate of drug-likeness (QED) is 0.375. The van der Waals surface area contributed by atoms with Crippen LogP contribution in [-0.2, 0) is 16.6 Å². The zero-order chi connectivity index (χ0) is 24.1. The Hall–Kier alpha value is -4.08. The van der Waals surface area contributed by atoms with Crippen molar-refractivity contribution in [3.63, 3.8) is 0 Å². The summed E-state index contributed by atoms with van der Waals surface area (Å²) in [4.78, 5) is 21.6. The van der Waals surface area contributed by atoms with Crippen molar-refractivity contribution in [1.82, 2.24) is 15.3 Å². The second kappa shape index (κ2) is 9.82. The van der Waals surface area contributed by atoms with Gasteiger partial charge in [-0.25, -0.2) is 23.5 Å². The molecule has 1 heterocycles. The number of amides is 1. The van der Waals surface area contributed by atoms with Gasteiger partial charge in [0.1, 0.15) is 11.6 Å². The third-order valence-corrected chi connectivity index (χ3v) is 5.94. The molecule has 0 atom stereocenters. The van der Waals surface area contributed by atoms with Crippen LogP contribution in [0.25, 0.3) is 11.3 Å². The number of carbonyl (C=O) groups is 1. The predicted octanol–water partition coefficient (Wildman–Crippen LogP) is 3.77. The van der Waals surface area contributed by atoms with Crippen molar-refractivity contribution in [2.45, 2.75) is 18.4 Å². The first-order chi connectivity index (χ1) is 16.3. The summed E-state index contributed by atoms with van der Waals surface area (Å²) in [6, 6.07) is 24.8. The summed E-state index contributed by atoms with van der Waals surface area (Å²) in [5.41, 5.74) is 3.72. The molecular formula is C25H23N5O3S. The zero-order valence-corrected chi connectivity index (χ0v) is 19.2. The van der Waals surface area contributed by atoms with Crippen LogP contribution in [0.15, 0.2) is 89.8 Å². The normalized spacial score (nSPS) is 11.1. The molecule has 34 heavy (non-hydrogen) atoms. The molecule has 4 aromatic rings. The second-order valence-electron chi connectivity index (χ2n) is 7.63. The van der Waals surface area contributed by atoms with Crippen molar-refractivity contribution in [2.75, 3.05) is 5.32 Å². The predicted molar refractivity (Wildman–Crippen MR) is 131 cm³/mol. The van der Waals surface area contributed by atoms with Crippen molar-refractivity contribution >= 4 is 27.4 Å². The van der Waals surface area contributed by atoms with Crippen LogP contribution in [0, 0.1) is 6.92 Å². The van der Waals surface area contributed by atoms with E-state index in [4.69, 9.17) is 5.14 Å². The van der Waals surface area contributed by atoms with Crippen LogP contribution in [0.3, 0.4) is 0 Å². The Balaban J connectivity index is 1.45. The van der Waals surface area contributed by atoms with Crippen LogP contribution in [0.1, 0.15) is 21.7 Å². The second-order valence-corrected chi connectivity index (χ2v) is 9.19. The molecule has 9 heteroatoms. The molecule has 0 radical (unpaired) electrons. The number of aromatic nitrogens is 2. The maximum atomic E-state index is 12.7. The maximum absolute atomic E-state index is 12.7. The minimum absolute atomic E-state index is 0.0248. The topological polar surface area (TPSA) is 127 Å². The highest BCUT2D eigenvalue weighted by Gasteiger charge is 2.10. The van der Waals surface area contributed by atoms with E-state index in [2.05, 4.69) is 20.6 Å². The molecule has 8 nitrogen and oxygen atoms in total. The monoisotopic (exact) mass is 473 g/mol. The molecule has 0 aliphatic carbocycles. The lowest BCUT2D eigenvalue weighted by Crippen LogP contribution is -2.23. The number of primary sulfonamides is 1. The molecule has 4 rings (SSSR count). The summed E-state index contributed by atoms with van der Waals surface area (Å²) < 4.78 is 22.7. The Morgan fingerprint density at radius 3 is 2.35 bits per heavy atom. The molecule has 4 N–H and O–H groups in total. The van der Waals surface area contributed by atoms with Crippen molar-refractivity contribution < 1.29 is 13.2 Å². The van der Waals surface area contributed by atoms with E-state index >= 15 is 0 Å². The van der Waals surface area contributed by atoms with Gasteiger partial charge in [-0.1, -0.05) is 48.5 Å². The fourth-order valence-electron chi connectivity index (χ4n) is 3.36. The molecule has 0 bridgehead atoms. The first-order valence-corrected chi connectivity index (χ1v) is 12.0. The highest BCUT2D eigenvalue weighted by molar-refractivity contribution is 7.89. The largest absolute Gasteiger partial charge is 0.348 e.